The molecule has 8 heteroatoms. The fourth-order valence-electron chi connectivity index (χ4n) is 3.63. The zero-order chi connectivity index (χ0) is 19.7. The monoisotopic (exact) mass is 439 g/mol. The van der Waals surface area contributed by atoms with E-state index in [0.717, 1.165) is 5.56 Å². The van der Waals surface area contributed by atoms with Crippen molar-refractivity contribution in [3.63, 3.8) is 0 Å². The van der Waals surface area contributed by atoms with Gasteiger partial charge in [0.1, 0.15) is 12.0 Å². The van der Waals surface area contributed by atoms with E-state index in [-0.39, 0.29) is 29.9 Å². The van der Waals surface area contributed by atoms with Gasteiger partial charge in [0, 0.05) is 29.7 Å². The lowest BCUT2D eigenvalue weighted by molar-refractivity contribution is 0.0893. The van der Waals surface area contributed by atoms with Crippen molar-refractivity contribution in [2.45, 2.75) is 25.2 Å². The van der Waals surface area contributed by atoms with Gasteiger partial charge in [0.25, 0.3) is 5.91 Å². The quantitative estimate of drug-likeness (QED) is 0.635. The van der Waals surface area contributed by atoms with Crippen LogP contribution in [0.5, 0.6) is 0 Å². The van der Waals surface area contributed by atoms with Gasteiger partial charge in [-0.3, -0.25) is 4.79 Å². The molecule has 0 spiro atoms. The molecule has 154 valence electrons. The number of aromatic nitrogens is 1. The van der Waals surface area contributed by atoms with Crippen LogP contribution in [0.1, 0.15) is 22.3 Å². The Balaban J connectivity index is 0.00000240. The molecule has 0 bridgehead atoms. The molecule has 0 saturated carbocycles. The predicted molar refractivity (Wildman–Crippen MR) is 113 cm³/mol. The fourth-order valence-corrected chi connectivity index (χ4v) is 3.75. The summed E-state index contributed by atoms with van der Waals surface area (Å²) in [4.78, 5) is 12.8. The number of rotatable bonds is 4. The molecule has 0 aliphatic carbocycles. The van der Waals surface area contributed by atoms with Crippen LogP contribution in [0.3, 0.4) is 0 Å². The summed E-state index contributed by atoms with van der Waals surface area (Å²) in [6.07, 6.45) is 0.968. The van der Waals surface area contributed by atoms with Crippen LogP contribution in [0, 0.1) is 5.82 Å². The zero-order valence-electron chi connectivity index (χ0n) is 15.5. The topological polar surface area (TPSA) is 46.1 Å². The van der Waals surface area contributed by atoms with Crippen LogP contribution >= 0.6 is 24.0 Å². The van der Waals surface area contributed by atoms with Crippen molar-refractivity contribution in [3.05, 3.63) is 70.6 Å². The Kier molecular flexibility index (Phi) is 6.77. The van der Waals surface area contributed by atoms with Crippen molar-refractivity contribution < 1.29 is 13.6 Å². The average Bonchev–Trinajstić information content (AvgIpc) is 3.05. The Morgan fingerprint density at radius 3 is 2.72 bits per heavy atom. The minimum atomic E-state index is -1.16. The highest BCUT2D eigenvalue weighted by Crippen LogP contribution is 2.26. The Morgan fingerprint density at radius 1 is 1.24 bits per heavy atom. The SMILES string of the molecule is Cl.O=C(NC1CCNC[C@@H]1F)c1cn(Cc2ccc(Cl)cc2)c2cccc(F)c12. The minimum absolute atomic E-state index is 0. The van der Waals surface area contributed by atoms with Gasteiger partial charge in [0.2, 0.25) is 0 Å². The molecule has 4 rings (SSSR count). The van der Waals surface area contributed by atoms with E-state index in [4.69, 9.17) is 11.6 Å². The lowest BCUT2D eigenvalue weighted by Crippen LogP contribution is -2.50. The summed E-state index contributed by atoms with van der Waals surface area (Å²) >= 11 is 5.94. The highest BCUT2D eigenvalue weighted by molar-refractivity contribution is 6.30. The van der Waals surface area contributed by atoms with Gasteiger partial charge in [-0.15, -0.1) is 12.4 Å². The van der Waals surface area contributed by atoms with Gasteiger partial charge in [-0.25, -0.2) is 8.78 Å². The molecule has 2 atom stereocenters. The van der Waals surface area contributed by atoms with Gasteiger partial charge in [-0.1, -0.05) is 29.8 Å². The van der Waals surface area contributed by atoms with Crippen LogP contribution < -0.4 is 10.6 Å². The average molecular weight is 440 g/mol. The number of fused-ring (bicyclic) bond motifs is 1. The van der Waals surface area contributed by atoms with E-state index >= 15 is 0 Å². The number of alkyl halides is 1. The number of halogens is 4. The van der Waals surface area contributed by atoms with Crippen LogP contribution in [-0.2, 0) is 6.54 Å². The normalized spacial score (nSPS) is 19.0. The third-order valence-electron chi connectivity index (χ3n) is 5.09. The molecule has 3 aromatic rings. The van der Waals surface area contributed by atoms with Crippen LogP contribution in [0.25, 0.3) is 10.9 Å². The Labute approximate surface area is 178 Å². The van der Waals surface area contributed by atoms with Gasteiger partial charge in [0.05, 0.1) is 17.1 Å². The summed E-state index contributed by atoms with van der Waals surface area (Å²) in [5.41, 5.74) is 1.80. The van der Waals surface area contributed by atoms with Gasteiger partial charge in [0.15, 0.2) is 0 Å². The molecule has 1 aliphatic heterocycles. The second-order valence-electron chi connectivity index (χ2n) is 7.02. The Hall–Kier alpha value is -2.15. The highest BCUT2D eigenvalue weighted by atomic mass is 35.5. The molecule has 2 heterocycles. The first kappa shape index (κ1) is 21.6. The van der Waals surface area contributed by atoms with E-state index in [1.54, 1.807) is 30.5 Å². The Bertz CT molecular complexity index is 1010. The summed E-state index contributed by atoms with van der Waals surface area (Å²) in [6.45, 7) is 1.30. The number of nitrogens with one attached hydrogen (secondary N) is 2. The van der Waals surface area contributed by atoms with E-state index in [0.29, 0.717) is 30.0 Å². The van der Waals surface area contributed by atoms with Gasteiger partial charge >= 0.3 is 0 Å². The Morgan fingerprint density at radius 2 is 2.00 bits per heavy atom. The molecule has 1 unspecified atom stereocenters. The summed E-state index contributed by atoms with van der Waals surface area (Å²) in [5.74, 6) is -0.931. The summed E-state index contributed by atoms with van der Waals surface area (Å²) < 4.78 is 30.5. The lowest BCUT2D eigenvalue weighted by Gasteiger charge is -2.27. The van der Waals surface area contributed by atoms with E-state index in [1.165, 1.54) is 6.07 Å². The van der Waals surface area contributed by atoms with Gasteiger partial charge in [-0.05, 0) is 42.8 Å². The number of hydrogen-bond acceptors (Lipinski definition) is 2. The maximum absolute atomic E-state index is 14.6. The maximum Gasteiger partial charge on any atom is 0.253 e. The smallest absolute Gasteiger partial charge is 0.253 e. The molecule has 1 aromatic heterocycles. The molecule has 4 nitrogen and oxygen atoms in total. The number of amides is 1. The fraction of sp³-hybridized carbons (Fsp3) is 0.286. The largest absolute Gasteiger partial charge is 0.346 e. The van der Waals surface area contributed by atoms with Crippen LogP contribution in [-0.4, -0.2) is 35.8 Å². The van der Waals surface area contributed by atoms with Crippen LogP contribution in [0.2, 0.25) is 5.02 Å². The van der Waals surface area contributed by atoms with Crippen molar-refractivity contribution in [2.24, 2.45) is 0 Å². The maximum atomic E-state index is 14.6. The zero-order valence-corrected chi connectivity index (χ0v) is 17.1. The predicted octanol–water partition coefficient (Wildman–Crippen LogP) is 4.33. The van der Waals surface area contributed by atoms with E-state index < -0.39 is 23.9 Å². The van der Waals surface area contributed by atoms with Crippen LogP contribution in [0.4, 0.5) is 8.78 Å². The van der Waals surface area contributed by atoms with Gasteiger partial charge < -0.3 is 15.2 Å². The molecule has 29 heavy (non-hydrogen) atoms. The van der Waals surface area contributed by atoms with Crippen molar-refractivity contribution >= 4 is 40.8 Å². The molecule has 1 aliphatic rings. The lowest BCUT2D eigenvalue weighted by atomic mass is 10.0. The molecule has 1 amide bonds. The van der Waals surface area contributed by atoms with E-state index in [9.17, 15) is 13.6 Å². The van der Waals surface area contributed by atoms with Crippen molar-refractivity contribution in [3.8, 4) is 0 Å². The molecular formula is C21H21Cl2F2N3O. The second-order valence-corrected chi connectivity index (χ2v) is 7.46. The number of carbonyl (C=O) groups is 1. The van der Waals surface area contributed by atoms with E-state index in [1.807, 2.05) is 16.7 Å². The standard InChI is InChI=1S/C21H20ClF2N3O.ClH/c22-14-6-4-13(5-7-14)11-27-12-15(20-16(23)2-1-3-19(20)27)21(28)26-18-8-9-25-10-17(18)24;/h1-7,12,17-18,25H,8-11H2,(H,26,28);1H/t17-,18?;/m0./s1. The number of carbonyl (C=O) groups excluding carboxylic acids is 1. The van der Waals surface area contributed by atoms with Gasteiger partial charge in [-0.2, -0.15) is 0 Å². The first-order valence-electron chi connectivity index (χ1n) is 9.20. The molecule has 1 fully saturated rings. The first-order valence-corrected chi connectivity index (χ1v) is 9.58. The van der Waals surface area contributed by atoms with Crippen molar-refractivity contribution in [2.75, 3.05) is 13.1 Å². The minimum Gasteiger partial charge on any atom is -0.346 e. The third-order valence-corrected chi connectivity index (χ3v) is 5.34. The molecular weight excluding hydrogens is 419 g/mol. The first-order chi connectivity index (χ1) is 13.5. The number of nitrogens with zero attached hydrogens (tertiary/aromatic N) is 1. The van der Waals surface area contributed by atoms with Crippen molar-refractivity contribution in [1.29, 1.82) is 0 Å². The number of benzene rings is 2. The molecule has 1 saturated heterocycles. The van der Waals surface area contributed by atoms with Crippen LogP contribution in [0.15, 0.2) is 48.7 Å². The molecule has 2 aromatic carbocycles. The molecule has 2 N–H and O–H groups in total. The van der Waals surface area contributed by atoms with Crippen molar-refractivity contribution in [1.82, 2.24) is 15.2 Å². The molecule has 0 radical (unpaired) electrons. The third kappa shape index (κ3) is 4.55. The van der Waals surface area contributed by atoms with E-state index in [2.05, 4.69) is 10.6 Å². The second kappa shape index (κ2) is 9.11. The summed E-state index contributed by atoms with van der Waals surface area (Å²) in [5, 5.41) is 6.57. The summed E-state index contributed by atoms with van der Waals surface area (Å²) in [6, 6.07) is 11.5. The highest BCUT2D eigenvalue weighted by Gasteiger charge is 2.28. The number of piperidine rings is 1. The summed E-state index contributed by atoms with van der Waals surface area (Å²) in [7, 11) is 0. The number of hydrogen-bond donors (Lipinski definition) is 2.